The van der Waals surface area contributed by atoms with Crippen LogP contribution in [0.5, 0.6) is 0 Å². The first-order valence-corrected chi connectivity index (χ1v) is 12.7. The Bertz CT molecular complexity index is 1260. The van der Waals surface area contributed by atoms with Gasteiger partial charge in [0.05, 0.1) is 4.90 Å². The van der Waals surface area contributed by atoms with Crippen molar-refractivity contribution in [1.29, 1.82) is 0 Å². The zero-order chi connectivity index (χ0) is 25.3. The minimum atomic E-state index is -3.65. The fourth-order valence-electron chi connectivity index (χ4n) is 3.21. The summed E-state index contributed by atoms with van der Waals surface area (Å²) < 4.78 is 32.5. The SMILES string of the molecule is CCOCCCNS(=O)(=O)c1ccc(NC(=O)c2ccc(C)c(NC(=O)c3ccccc3)c2)cc1. The lowest BCUT2D eigenvalue weighted by atomic mass is 10.1. The second kappa shape index (κ2) is 12.3. The van der Waals surface area contributed by atoms with Crippen molar-refractivity contribution >= 4 is 33.2 Å². The van der Waals surface area contributed by atoms with E-state index in [9.17, 15) is 18.0 Å². The maximum atomic E-state index is 12.8. The number of hydrogen-bond donors (Lipinski definition) is 3. The third-order valence-corrected chi connectivity index (χ3v) is 6.65. The number of rotatable bonds is 11. The highest BCUT2D eigenvalue weighted by atomic mass is 32.2. The number of benzene rings is 3. The van der Waals surface area contributed by atoms with Gasteiger partial charge in [0.1, 0.15) is 0 Å². The van der Waals surface area contributed by atoms with Gasteiger partial charge in [-0.2, -0.15) is 0 Å². The Morgan fingerprint density at radius 1 is 0.857 bits per heavy atom. The minimum Gasteiger partial charge on any atom is -0.382 e. The highest BCUT2D eigenvalue weighted by Crippen LogP contribution is 2.20. The molecule has 0 unspecified atom stereocenters. The van der Waals surface area contributed by atoms with Crippen LogP contribution in [0.1, 0.15) is 39.6 Å². The van der Waals surface area contributed by atoms with Crippen LogP contribution in [0, 0.1) is 6.92 Å². The summed E-state index contributed by atoms with van der Waals surface area (Å²) in [7, 11) is -3.65. The van der Waals surface area contributed by atoms with Gasteiger partial charge < -0.3 is 15.4 Å². The number of ether oxygens (including phenoxy) is 1. The predicted molar refractivity (Wildman–Crippen MR) is 136 cm³/mol. The Labute approximate surface area is 205 Å². The second-order valence-corrected chi connectivity index (χ2v) is 9.54. The summed E-state index contributed by atoms with van der Waals surface area (Å²) in [6.07, 6.45) is 0.575. The molecule has 0 bridgehead atoms. The van der Waals surface area contributed by atoms with Gasteiger partial charge >= 0.3 is 0 Å². The minimum absolute atomic E-state index is 0.105. The summed E-state index contributed by atoms with van der Waals surface area (Å²) in [5, 5.41) is 5.59. The molecule has 0 aliphatic rings. The molecule has 0 spiro atoms. The van der Waals surface area contributed by atoms with Gasteiger partial charge in [-0.25, -0.2) is 13.1 Å². The number of amides is 2. The number of aryl methyl sites for hydroxylation is 1. The van der Waals surface area contributed by atoms with E-state index in [1.807, 2.05) is 19.9 Å². The normalized spacial score (nSPS) is 11.1. The summed E-state index contributed by atoms with van der Waals surface area (Å²) >= 11 is 0. The van der Waals surface area contributed by atoms with Crippen LogP contribution in [-0.4, -0.2) is 40.0 Å². The maximum absolute atomic E-state index is 12.8. The van der Waals surface area contributed by atoms with E-state index in [0.29, 0.717) is 42.1 Å². The molecule has 0 aliphatic carbocycles. The lowest BCUT2D eigenvalue weighted by Gasteiger charge is -2.12. The zero-order valence-electron chi connectivity index (χ0n) is 19.7. The quantitative estimate of drug-likeness (QED) is 0.345. The maximum Gasteiger partial charge on any atom is 0.255 e. The van der Waals surface area contributed by atoms with E-state index in [-0.39, 0.29) is 23.3 Å². The van der Waals surface area contributed by atoms with Gasteiger partial charge in [0.25, 0.3) is 11.8 Å². The van der Waals surface area contributed by atoms with Gasteiger partial charge in [-0.05, 0) is 74.4 Å². The molecule has 0 saturated heterocycles. The first-order chi connectivity index (χ1) is 16.8. The van der Waals surface area contributed by atoms with E-state index in [2.05, 4.69) is 15.4 Å². The van der Waals surface area contributed by atoms with Crippen LogP contribution in [0.15, 0.2) is 77.7 Å². The lowest BCUT2D eigenvalue weighted by molar-refractivity contribution is 0.101. The van der Waals surface area contributed by atoms with Crippen LogP contribution in [0.25, 0.3) is 0 Å². The molecule has 0 heterocycles. The Morgan fingerprint density at radius 3 is 2.23 bits per heavy atom. The van der Waals surface area contributed by atoms with E-state index < -0.39 is 10.0 Å². The van der Waals surface area contributed by atoms with Crippen molar-refractivity contribution in [2.45, 2.75) is 25.2 Å². The van der Waals surface area contributed by atoms with Gasteiger partial charge in [0.2, 0.25) is 10.0 Å². The molecule has 0 aliphatic heterocycles. The predicted octanol–water partition coefficient (Wildman–Crippen LogP) is 4.20. The molecule has 3 aromatic rings. The smallest absolute Gasteiger partial charge is 0.255 e. The van der Waals surface area contributed by atoms with E-state index >= 15 is 0 Å². The van der Waals surface area contributed by atoms with Crippen molar-refractivity contribution in [1.82, 2.24) is 4.72 Å². The van der Waals surface area contributed by atoms with Gasteiger partial charge in [0, 0.05) is 42.3 Å². The van der Waals surface area contributed by atoms with Crippen LogP contribution in [0.4, 0.5) is 11.4 Å². The van der Waals surface area contributed by atoms with E-state index in [1.165, 1.54) is 24.3 Å². The Balaban J connectivity index is 1.63. The summed E-state index contributed by atoms with van der Waals surface area (Å²) in [5.74, 6) is -0.653. The first-order valence-electron chi connectivity index (χ1n) is 11.3. The van der Waals surface area contributed by atoms with Crippen LogP contribution in [0.3, 0.4) is 0 Å². The molecule has 8 nitrogen and oxygen atoms in total. The van der Waals surface area contributed by atoms with Crippen LogP contribution in [0.2, 0.25) is 0 Å². The summed E-state index contributed by atoms with van der Waals surface area (Å²) in [5.41, 5.74) is 2.66. The molecule has 0 aromatic heterocycles. The largest absolute Gasteiger partial charge is 0.382 e. The topological polar surface area (TPSA) is 114 Å². The molecule has 3 N–H and O–H groups in total. The average molecular weight is 496 g/mol. The highest BCUT2D eigenvalue weighted by molar-refractivity contribution is 7.89. The van der Waals surface area contributed by atoms with Crippen LogP contribution >= 0.6 is 0 Å². The van der Waals surface area contributed by atoms with E-state index in [1.54, 1.807) is 42.5 Å². The van der Waals surface area contributed by atoms with Gasteiger partial charge in [-0.1, -0.05) is 24.3 Å². The highest BCUT2D eigenvalue weighted by Gasteiger charge is 2.15. The van der Waals surface area contributed by atoms with Crippen molar-refractivity contribution in [2.75, 3.05) is 30.4 Å². The second-order valence-electron chi connectivity index (χ2n) is 7.78. The summed E-state index contributed by atoms with van der Waals surface area (Å²) in [4.78, 5) is 25.4. The fraction of sp³-hybridized carbons (Fsp3) is 0.231. The van der Waals surface area contributed by atoms with Crippen molar-refractivity contribution in [3.8, 4) is 0 Å². The molecule has 0 fully saturated rings. The summed E-state index contributed by atoms with van der Waals surface area (Å²) in [6, 6.07) is 19.7. The van der Waals surface area contributed by atoms with Crippen molar-refractivity contribution < 1.29 is 22.7 Å². The third-order valence-electron chi connectivity index (χ3n) is 5.17. The van der Waals surface area contributed by atoms with E-state index in [0.717, 1.165) is 5.56 Å². The average Bonchev–Trinajstić information content (AvgIpc) is 2.86. The fourth-order valence-corrected chi connectivity index (χ4v) is 4.29. The zero-order valence-corrected chi connectivity index (χ0v) is 20.5. The van der Waals surface area contributed by atoms with Crippen molar-refractivity contribution in [2.24, 2.45) is 0 Å². The Hall–Kier alpha value is -3.53. The molecule has 0 atom stereocenters. The van der Waals surface area contributed by atoms with Gasteiger partial charge in [-0.3, -0.25) is 9.59 Å². The summed E-state index contributed by atoms with van der Waals surface area (Å²) in [6.45, 7) is 5.07. The molecule has 3 rings (SSSR count). The third kappa shape index (κ3) is 7.48. The Morgan fingerprint density at radius 2 is 1.54 bits per heavy atom. The van der Waals surface area contributed by atoms with Crippen LogP contribution < -0.4 is 15.4 Å². The van der Waals surface area contributed by atoms with Crippen LogP contribution in [-0.2, 0) is 14.8 Å². The molecule has 3 aromatic carbocycles. The number of nitrogens with one attached hydrogen (secondary N) is 3. The van der Waals surface area contributed by atoms with Crippen molar-refractivity contribution in [3.05, 3.63) is 89.5 Å². The standard InChI is InChI=1S/C26H29N3O5S/c1-3-34-17-7-16-27-35(32,33)23-14-12-22(13-15-23)28-26(31)21-11-10-19(2)24(18-21)29-25(30)20-8-5-4-6-9-20/h4-6,8-15,18,27H,3,7,16-17H2,1-2H3,(H,28,31)(H,29,30). The van der Waals surface area contributed by atoms with Crippen molar-refractivity contribution in [3.63, 3.8) is 0 Å². The number of anilines is 2. The molecular weight excluding hydrogens is 466 g/mol. The number of carbonyl (C=O) groups is 2. The molecular formula is C26H29N3O5S. The molecule has 9 heteroatoms. The monoisotopic (exact) mass is 495 g/mol. The first kappa shape index (κ1) is 26.1. The number of carbonyl (C=O) groups excluding carboxylic acids is 2. The molecule has 2 amide bonds. The lowest BCUT2D eigenvalue weighted by Crippen LogP contribution is -2.25. The van der Waals surface area contributed by atoms with E-state index in [4.69, 9.17) is 4.74 Å². The van der Waals surface area contributed by atoms with Gasteiger partial charge in [0.15, 0.2) is 0 Å². The molecule has 35 heavy (non-hydrogen) atoms. The molecule has 0 saturated carbocycles. The molecule has 0 radical (unpaired) electrons. The number of hydrogen-bond acceptors (Lipinski definition) is 5. The van der Waals surface area contributed by atoms with Gasteiger partial charge in [-0.15, -0.1) is 0 Å². The number of sulfonamides is 1. The Kier molecular flexibility index (Phi) is 9.13. The molecule has 184 valence electrons.